The van der Waals surface area contributed by atoms with E-state index in [4.69, 9.17) is 15.4 Å². The zero-order valence-corrected chi connectivity index (χ0v) is 13.5. The molecular formula is C14H18ClNO4S. The fourth-order valence-electron chi connectivity index (χ4n) is 1.64. The molecule has 5 nitrogen and oxygen atoms in total. The Balaban J connectivity index is 2.92. The first-order valence-corrected chi connectivity index (χ1v) is 8.65. The maximum atomic E-state index is 11.5. The molecule has 0 unspecified atom stereocenters. The van der Waals surface area contributed by atoms with Crippen molar-refractivity contribution >= 4 is 25.6 Å². The Morgan fingerprint density at radius 3 is 2.67 bits per heavy atom. The molecule has 1 amide bonds. The SMILES string of the molecule is C=CCNC(=O)COc1ccc(S(=O)(=O)Cl)cc1C(C)C. The molecular weight excluding hydrogens is 314 g/mol. The molecule has 0 aliphatic rings. The van der Waals surface area contributed by atoms with E-state index in [9.17, 15) is 13.2 Å². The van der Waals surface area contributed by atoms with Crippen molar-refractivity contribution in [2.24, 2.45) is 0 Å². The van der Waals surface area contributed by atoms with Crippen molar-refractivity contribution in [1.29, 1.82) is 0 Å². The van der Waals surface area contributed by atoms with Crippen LogP contribution in [0, 0.1) is 0 Å². The molecule has 0 atom stereocenters. The molecule has 0 bridgehead atoms. The Labute approximate surface area is 129 Å². The average molecular weight is 332 g/mol. The first kappa shape index (κ1) is 17.5. The van der Waals surface area contributed by atoms with Gasteiger partial charge in [0.15, 0.2) is 6.61 Å². The number of ether oxygens (including phenoxy) is 1. The first-order chi connectivity index (χ1) is 9.75. The largest absolute Gasteiger partial charge is 0.483 e. The molecule has 0 saturated carbocycles. The van der Waals surface area contributed by atoms with E-state index in [1.54, 1.807) is 6.08 Å². The highest BCUT2D eigenvalue weighted by Gasteiger charge is 2.16. The van der Waals surface area contributed by atoms with Gasteiger partial charge in [-0.2, -0.15) is 0 Å². The summed E-state index contributed by atoms with van der Waals surface area (Å²) in [6.07, 6.45) is 1.57. The van der Waals surface area contributed by atoms with Gasteiger partial charge in [-0.05, 0) is 29.7 Å². The summed E-state index contributed by atoms with van der Waals surface area (Å²) < 4.78 is 28.1. The molecule has 21 heavy (non-hydrogen) atoms. The van der Waals surface area contributed by atoms with Crippen LogP contribution in [0.25, 0.3) is 0 Å². The van der Waals surface area contributed by atoms with E-state index in [0.717, 1.165) is 0 Å². The van der Waals surface area contributed by atoms with E-state index in [1.165, 1.54) is 18.2 Å². The number of carbonyl (C=O) groups excluding carboxylic acids is 1. The Kier molecular flexibility index (Phi) is 6.23. The summed E-state index contributed by atoms with van der Waals surface area (Å²) in [6.45, 7) is 7.49. The fourth-order valence-corrected chi connectivity index (χ4v) is 2.43. The summed E-state index contributed by atoms with van der Waals surface area (Å²) in [5.74, 6) is 0.205. The zero-order chi connectivity index (χ0) is 16.0. The lowest BCUT2D eigenvalue weighted by Gasteiger charge is -2.14. The summed E-state index contributed by atoms with van der Waals surface area (Å²) >= 11 is 0. The number of nitrogens with one attached hydrogen (secondary N) is 1. The molecule has 0 aromatic heterocycles. The molecule has 7 heteroatoms. The second-order valence-corrected chi connectivity index (χ2v) is 7.24. The van der Waals surface area contributed by atoms with E-state index < -0.39 is 9.05 Å². The number of hydrogen-bond acceptors (Lipinski definition) is 4. The predicted octanol–water partition coefficient (Wildman–Crippen LogP) is 2.42. The number of amides is 1. The van der Waals surface area contributed by atoms with Gasteiger partial charge in [0.1, 0.15) is 5.75 Å². The molecule has 1 aromatic rings. The Morgan fingerprint density at radius 2 is 2.14 bits per heavy atom. The fraction of sp³-hybridized carbons (Fsp3) is 0.357. The van der Waals surface area contributed by atoms with Gasteiger partial charge in [-0.15, -0.1) is 6.58 Å². The van der Waals surface area contributed by atoms with E-state index in [0.29, 0.717) is 17.9 Å². The summed E-state index contributed by atoms with van der Waals surface area (Å²) in [5.41, 5.74) is 0.674. The van der Waals surface area contributed by atoms with Crippen LogP contribution in [-0.2, 0) is 13.8 Å². The van der Waals surface area contributed by atoms with Gasteiger partial charge >= 0.3 is 0 Å². The van der Waals surface area contributed by atoms with Crippen LogP contribution in [0.15, 0.2) is 35.7 Å². The van der Waals surface area contributed by atoms with Crippen LogP contribution in [-0.4, -0.2) is 27.5 Å². The quantitative estimate of drug-likeness (QED) is 0.615. The van der Waals surface area contributed by atoms with Crippen molar-refractivity contribution in [2.45, 2.75) is 24.7 Å². The van der Waals surface area contributed by atoms with Crippen molar-refractivity contribution in [3.63, 3.8) is 0 Å². The summed E-state index contributed by atoms with van der Waals surface area (Å²) in [7, 11) is 1.54. The van der Waals surface area contributed by atoms with Gasteiger partial charge in [-0.1, -0.05) is 19.9 Å². The molecule has 0 spiro atoms. The van der Waals surface area contributed by atoms with Crippen LogP contribution in [0.5, 0.6) is 5.75 Å². The number of benzene rings is 1. The van der Waals surface area contributed by atoms with Gasteiger partial charge in [0.2, 0.25) is 0 Å². The van der Waals surface area contributed by atoms with Crippen molar-refractivity contribution < 1.29 is 17.9 Å². The van der Waals surface area contributed by atoms with Gasteiger partial charge in [0, 0.05) is 17.2 Å². The molecule has 116 valence electrons. The number of hydrogen-bond donors (Lipinski definition) is 1. The van der Waals surface area contributed by atoms with E-state index in [-0.39, 0.29) is 23.3 Å². The van der Waals surface area contributed by atoms with Crippen LogP contribution < -0.4 is 10.1 Å². The standard InChI is InChI=1S/C14H18ClNO4S/c1-4-7-16-14(17)9-20-13-6-5-11(21(15,18)19)8-12(13)10(2)3/h4-6,8,10H,1,7,9H2,2-3H3,(H,16,17). The normalized spacial score (nSPS) is 11.2. The summed E-state index contributed by atoms with van der Waals surface area (Å²) in [6, 6.07) is 4.32. The van der Waals surface area contributed by atoms with Crippen LogP contribution in [0.1, 0.15) is 25.3 Å². The highest BCUT2D eigenvalue weighted by molar-refractivity contribution is 8.13. The van der Waals surface area contributed by atoms with Crippen molar-refractivity contribution in [3.05, 3.63) is 36.4 Å². The molecule has 0 aliphatic carbocycles. The third-order valence-electron chi connectivity index (χ3n) is 2.69. The molecule has 1 N–H and O–H groups in total. The van der Waals surface area contributed by atoms with Gasteiger partial charge in [0.25, 0.3) is 15.0 Å². The highest BCUT2D eigenvalue weighted by atomic mass is 35.7. The lowest BCUT2D eigenvalue weighted by atomic mass is 10.0. The zero-order valence-electron chi connectivity index (χ0n) is 11.9. The number of rotatable bonds is 7. The van der Waals surface area contributed by atoms with Crippen LogP contribution in [0.2, 0.25) is 0 Å². The highest BCUT2D eigenvalue weighted by Crippen LogP contribution is 2.30. The van der Waals surface area contributed by atoms with Gasteiger partial charge in [-0.25, -0.2) is 8.42 Å². The summed E-state index contributed by atoms with van der Waals surface area (Å²) in [4.78, 5) is 11.5. The third kappa shape index (κ3) is 5.40. The summed E-state index contributed by atoms with van der Waals surface area (Å²) in [5, 5.41) is 2.59. The number of halogens is 1. The maximum absolute atomic E-state index is 11.5. The Bertz CT molecular complexity index is 626. The smallest absolute Gasteiger partial charge is 0.261 e. The van der Waals surface area contributed by atoms with E-state index in [1.807, 2.05) is 13.8 Å². The predicted molar refractivity (Wildman–Crippen MR) is 82.3 cm³/mol. The van der Waals surface area contributed by atoms with Crippen molar-refractivity contribution in [1.82, 2.24) is 5.32 Å². The molecule has 0 saturated heterocycles. The molecule has 0 radical (unpaired) electrons. The lowest BCUT2D eigenvalue weighted by Crippen LogP contribution is -2.29. The minimum absolute atomic E-state index is 0.0105. The Morgan fingerprint density at radius 1 is 1.48 bits per heavy atom. The van der Waals surface area contributed by atoms with Crippen LogP contribution in [0.4, 0.5) is 0 Å². The second kappa shape index (κ2) is 7.47. The molecule has 0 aliphatic heterocycles. The molecule has 0 fully saturated rings. The monoisotopic (exact) mass is 331 g/mol. The maximum Gasteiger partial charge on any atom is 0.261 e. The third-order valence-corrected chi connectivity index (χ3v) is 4.04. The number of carbonyl (C=O) groups is 1. The van der Waals surface area contributed by atoms with Gasteiger partial charge < -0.3 is 10.1 Å². The first-order valence-electron chi connectivity index (χ1n) is 6.34. The second-order valence-electron chi connectivity index (χ2n) is 4.67. The Hall–Kier alpha value is -1.53. The van der Waals surface area contributed by atoms with Crippen molar-refractivity contribution in [3.8, 4) is 5.75 Å². The van der Waals surface area contributed by atoms with E-state index >= 15 is 0 Å². The molecule has 1 rings (SSSR count). The van der Waals surface area contributed by atoms with Gasteiger partial charge in [0.05, 0.1) is 4.90 Å². The lowest BCUT2D eigenvalue weighted by molar-refractivity contribution is -0.122. The van der Waals surface area contributed by atoms with Gasteiger partial charge in [-0.3, -0.25) is 4.79 Å². The van der Waals surface area contributed by atoms with Crippen molar-refractivity contribution in [2.75, 3.05) is 13.2 Å². The molecule has 0 heterocycles. The topological polar surface area (TPSA) is 72.5 Å². The minimum atomic E-state index is -3.79. The van der Waals surface area contributed by atoms with Crippen LogP contribution >= 0.6 is 10.7 Å². The minimum Gasteiger partial charge on any atom is -0.483 e. The van der Waals surface area contributed by atoms with Crippen LogP contribution in [0.3, 0.4) is 0 Å². The molecule has 1 aromatic carbocycles. The average Bonchev–Trinajstić information content (AvgIpc) is 2.41. The van der Waals surface area contributed by atoms with E-state index in [2.05, 4.69) is 11.9 Å².